The van der Waals surface area contributed by atoms with Crippen LogP contribution in [0.2, 0.25) is 0 Å². The van der Waals surface area contributed by atoms with Gasteiger partial charge in [0.1, 0.15) is 17.2 Å². The molecule has 0 radical (unpaired) electrons. The van der Waals surface area contributed by atoms with Crippen molar-refractivity contribution < 1.29 is 9.53 Å². The highest BCUT2D eigenvalue weighted by atomic mass is 32.1. The van der Waals surface area contributed by atoms with Crippen molar-refractivity contribution in [2.45, 2.75) is 20.1 Å². The molecule has 3 heterocycles. The van der Waals surface area contributed by atoms with Crippen molar-refractivity contribution in [2.75, 3.05) is 5.32 Å². The van der Waals surface area contributed by atoms with Crippen LogP contribution in [0.4, 0.5) is 5.69 Å². The van der Waals surface area contributed by atoms with Crippen LogP contribution in [-0.4, -0.2) is 20.7 Å². The normalized spacial score (nSPS) is 10.9. The van der Waals surface area contributed by atoms with Crippen LogP contribution in [0.15, 0.2) is 85.2 Å². The van der Waals surface area contributed by atoms with Crippen LogP contribution in [-0.2, 0) is 13.2 Å². The Morgan fingerprint density at radius 2 is 1.88 bits per heavy atom. The molecule has 1 N–H and O–H groups in total. The molecule has 0 aliphatic rings. The number of benzene rings is 2. The third kappa shape index (κ3) is 4.78. The number of nitrogens with zero attached hydrogens (tertiary/aromatic N) is 3. The quantitative estimate of drug-likeness (QED) is 0.343. The summed E-state index contributed by atoms with van der Waals surface area (Å²) in [7, 11) is 0. The zero-order chi connectivity index (χ0) is 22.6. The van der Waals surface area contributed by atoms with E-state index in [4.69, 9.17) is 4.74 Å². The number of amides is 1. The van der Waals surface area contributed by atoms with E-state index in [-0.39, 0.29) is 5.91 Å². The highest BCUT2D eigenvalue weighted by molar-refractivity contribution is 7.20. The van der Waals surface area contributed by atoms with Crippen LogP contribution >= 0.6 is 11.3 Å². The van der Waals surface area contributed by atoms with Gasteiger partial charge in [0.15, 0.2) is 0 Å². The van der Waals surface area contributed by atoms with Gasteiger partial charge in [-0.1, -0.05) is 42.5 Å². The molecule has 0 saturated heterocycles. The summed E-state index contributed by atoms with van der Waals surface area (Å²) in [6.45, 7) is 3.06. The van der Waals surface area contributed by atoms with E-state index < -0.39 is 0 Å². The van der Waals surface area contributed by atoms with Crippen LogP contribution in [0.25, 0.3) is 10.2 Å². The first kappa shape index (κ1) is 20.9. The van der Waals surface area contributed by atoms with E-state index in [1.54, 1.807) is 12.4 Å². The summed E-state index contributed by atoms with van der Waals surface area (Å²) >= 11 is 1.45. The minimum absolute atomic E-state index is 0.147. The number of thiophene rings is 1. The highest BCUT2D eigenvalue weighted by Crippen LogP contribution is 2.30. The molecular formula is C26H22N4O2S. The van der Waals surface area contributed by atoms with E-state index in [0.29, 0.717) is 29.5 Å². The Kier molecular flexibility index (Phi) is 5.87. The van der Waals surface area contributed by atoms with Crippen LogP contribution in [0, 0.1) is 6.92 Å². The van der Waals surface area contributed by atoms with Gasteiger partial charge in [0, 0.05) is 35.1 Å². The van der Waals surface area contributed by atoms with Gasteiger partial charge in [0.05, 0.1) is 17.1 Å². The molecule has 5 rings (SSSR count). The maximum absolute atomic E-state index is 13.0. The molecule has 0 unspecified atom stereocenters. The maximum atomic E-state index is 13.0. The first-order valence-electron chi connectivity index (χ1n) is 10.6. The number of hydrogen-bond donors (Lipinski definition) is 1. The van der Waals surface area contributed by atoms with Crippen molar-refractivity contribution in [2.24, 2.45) is 0 Å². The van der Waals surface area contributed by atoms with Crippen molar-refractivity contribution in [3.8, 4) is 5.75 Å². The summed E-state index contributed by atoms with van der Waals surface area (Å²) in [6.07, 6.45) is 3.50. The number of carbonyl (C=O) groups is 1. The number of pyridine rings is 1. The summed E-state index contributed by atoms with van der Waals surface area (Å²) in [4.78, 5) is 18.7. The molecule has 0 bridgehead atoms. The summed E-state index contributed by atoms with van der Waals surface area (Å²) in [5.74, 6) is 0.536. The van der Waals surface area contributed by atoms with E-state index in [0.717, 1.165) is 21.5 Å². The number of anilines is 1. The van der Waals surface area contributed by atoms with Crippen LogP contribution in [0.3, 0.4) is 0 Å². The second kappa shape index (κ2) is 9.26. The smallest absolute Gasteiger partial charge is 0.265 e. The van der Waals surface area contributed by atoms with Gasteiger partial charge < -0.3 is 10.1 Å². The molecule has 0 atom stereocenters. The number of rotatable bonds is 7. The Labute approximate surface area is 195 Å². The van der Waals surface area contributed by atoms with Gasteiger partial charge in [0.2, 0.25) is 0 Å². The maximum Gasteiger partial charge on any atom is 0.265 e. The number of aryl methyl sites for hydroxylation is 1. The Morgan fingerprint density at radius 3 is 2.70 bits per heavy atom. The van der Waals surface area contributed by atoms with Crippen molar-refractivity contribution in [3.63, 3.8) is 0 Å². The number of hydrogen-bond acceptors (Lipinski definition) is 5. The monoisotopic (exact) mass is 454 g/mol. The number of carbonyl (C=O) groups excluding carboxylic acids is 1. The lowest BCUT2D eigenvalue weighted by atomic mass is 10.2. The molecule has 164 valence electrons. The summed E-state index contributed by atoms with van der Waals surface area (Å²) in [5, 5.41) is 8.66. The second-order valence-corrected chi connectivity index (χ2v) is 8.72. The minimum atomic E-state index is -0.147. The van der Waals surface area contributed by atoms with Crippen molar-refractivity contribution >= 4 is 33.1 Å². The van der Waals surface area contributed by atoms with Crippen LogP contribution in [0.1, 0.15) is 26.5 Å². The Bertz CT molecular complexity index is 1390. The van der Waals surface area contributed by atoms with Crippen molar-refractivity contribution in [3.05, 3.63) is 107 Å². The minimum Gasteiger partial charge on any atom is -0.489 e. The fourth-order valence-corrected chi connectivity index (χ4v) is 4.65. The second-order valence-electron chi connectivity index (χ2n) is 7.69. The molecule has 7 heteroatoms. The number of fused-ring (bicyclic) bond motifs is 1. The van der Waals surface area contributed by atoms with Gasteiger partial charge in [0.25, 0.3) is 5.91 Å². The molecule has 0 spiro atoms. The molecular weight excluding hydrogens is 432 g/mol. The Morgan fingerprint density at radius 1 is 1.03 bits per heavy atom. The molecule has 0 fully saturated rings. The average molecular weight is 455 g/mol. The molecule has 0 saturated carbocycles. The van der Waals surface area contributed by atoms with Crippen molar-refractivity contribution in [1.82, 2.24) is 14.8 Å². The Balaban J connectivity index is 1.30. The van der Waals surface area contributed by atoms with Gasteiger partial charge in [-0.2, -0.15) is 5.10 Å². The SMILES string of the molecule is Cc1nn(Cc2ccccc2)c2sc(C(=O)Nc3cccc(OCc4cccnc4)c3)cc12. The van der Waals surface area contributed by atoms with E-state index in [1.165, 1.54) is 16.9 Å². The first-order valence-corrected chi connectivity index (χ1v) is 11.4. The molecule has 1 amide bonds. The average Bonchev–Trinajstić information content (AvgIpc) is 3.41. The van der Waals surface area contributed by atoms with Crippen LogP contribution < -0.4 is 10.1 Å². The number of ether oxygens (including phenoxy) is 1. The van der Waals surface area contributed by atoms with E-state index in [9.17, 15) is 4.79 Å². The summed E-state index contributed by atoms with van der Waals surface area (Å²) < 4.78 is 7.81. The van der Waals surface area contributed by atoms with E-state index in [2.05, 4.69) is 27.5 Å². The van der Waals surface area contributed by atoms with Gasteiger partial charge in [-0.15, -0.1) is 11.3 Å². The molecule has 6 nitrogen and oxygen atoms in total. The number of aromatic nitrogens is 3. The molecule has 3 aromatic heterocycles. The lowest BCUT2D eigenvalue weighted by Crippen LogP contribution is -2.10. The highest BCUT2D eigenvalue weighted by Gasteiger charge is 2.17. The lowest BCUT2D eigenvalue weighted by Gasteiger charge is -2.09. The summed E-state index contributed by atoms with van der Waals surface area (Å²) in [5.41, 5.74) is 3.76. The van der Waals surface area contributed by atoms with Gasteiger partial charge in [-0.25, -0.2) is 0 Å². The van der Waals surface area contributed by atoms with Gasteiger partial charge in [-0.05, 0) is 36.8 Å². The predicted molar refractivity (Wildman–Crippen MR) is 131 cm³/mol. The van der Waals surface area contributed by atoms with Gasteiger partial charge >= 0.3 is 0 Å². The third-order valence-corrected chi connectivity index (χ3v) is 6.37. The first-order chi connectivity index (χ1) is 16.2. The molecule has 0 aliphatic carbocycles. The molecule has 5 aromatic rings. The zero-order valence-corrected chi connectivity index (χ0v) is 18.9. The van der Waals surface area contributed by atoms with Crippen molar-refractivity contribution in [1.29, 1.82) is 0 Å². The lowest BCUT2D eigenvalue weighted by molar-refractivity contribution is 0.103. The topological polar surface area (TPSA) is 69.0 Å². The molecule has 0 aliphatic heterocycles. The summed E-state index contributed by atoms with van der Waals surface area (Å²) in [6, 6.07) is 23.4. The molecule has 2 aromatic carbocycles. The fourth-order valence-electron chi connectivity index (χ4n) is 3.59. The predicted octanol–water partition coefficient (Wildman–Crippen LogP) is 5.68. The standard InChI is InChI=1S/C26H22N4O2S/c1-18-23-14-24(33-26(23)30(29-18)16-19-7-3-2-4-8-19)25(31)28-21-10-5-11-22(13-21)32-17-20-9-6-12-27-15-20/h2-15H,16-17H2,1H3,(H,28,31). The third-order valence-electron chi connectivity index (χ3n) is 5.23. The van der Waals surface area contributed by atoms with E-state index >= 15 is 0 Å². The largest absolute Gasteiger partial charge is 0.489 e. The fraction of sp³-hybridized carbons (Fsp3) is 0.115. The molecule has 33 heavy (non-hydrogen) atoms. The van der Waals surface area contributed by atoms with E-state index in [1.807, 2.05) is 72.3 Å². The van der Waals surface area contributed by atoms with Crippen LogP contribution in [0.5, 0.6) is 5.75 Å². The number of nitrogens with one attached hydrogen (secondary N) is 1. The zero-order valence-electron chi connectivity index (χ0n) is 18.1. The Hall–Kier alpha value is -3.97. The van der Waals surface area contributed by atoms with Gasteiger partial charge in [-0.3, -0.25) is 14.5 Å².